The van der Waals surface area contributed by atoms with E-state index in [-0.39, 0.29) is 12.3 Å². The summed E-state index contributed by atoms with van der Waals surface area (Å²) in [6, 6.07) is 3.97. The molecule has 5 atom stereocenters. The summed E-state index contributed by atoms with van der Waals surface area (Å²) in [5.41, 5.74) is 12.1. The normalized spacial score (nSPS) is 14.9. The van der Waals surface area contributed by atoms with Crippen molar-refractivity contribution < 1.29 is 34.2 Å². The Morgan fingerprint density at radius 2 is 1.51 bits per heavy atom. The van der Waals surface area contributed by atoms with Gasteiger partial charge in [-0.2, -0.15) is 0 Å². The lowest BCUT2D eigenvalue weighted by atomic mass is 9.96. The van der Waals surface area contributed by atoms with Crippen LogP contribution in [0.5, 0.6) is 0 Å². The SMILES string of the molecule is CCC(C)C(NC(=O)C(N)CCCCN)C(=O)NC(Cc1ccccc1)C(=O)NC(CC(=O)O)C(=O)O. The molecule has 206 valence electrons. The number of nitrogens with one attached hydrogen (secondary N) is 3. The van der Waals surface area contributed by atoms with Crippen molar-refractivity contribution in [1.29, 1.82) is 0 Å². The van der Waals surface area contributed by atoms with E-state index in [1.54, 1.807) is 37.3 Å². The van der Waals surface area contributed by atoms with Gasteiger partial charge in [-0.1, -0.05) is 57.0 Å². The van der Waals surface area contributed by atoms with Crippen LogP contribution in [0.25, 0.3) is 0 Å². The van der Waals surface area contributed by atoms with Crippen molar-refractivity contribution in [2.75, 3.05) is 6.54 Å². The van der Waals surface area contributed by atoms with Crippen LogP contribution in [0, 0.1) is 5.92 Å². The Hall–Kier alpha value is -3.51. The van der Waals surface area contributed by atoms with Gasteiger partial charge in [0.25, 0.3) is 0 Å². The Morgan fingerprint density at radius 3 is 2.05 bits per heavy atom. The molecule has 0 bridgehead atoms. The largest absolute Gasteiger partial charge is 0.481 e. The van der Waals surface area contributed by atoms with Crippen molar-refractivity contribution in [3.8, 4) is 0 Å². The summed E-state index contributed by atoms with van der Waals surface area (Å²) >= 11 is 0. The molecule has 0 saturated carbocycles. The fourth-order valence-electron chi connectivity index (χ4n) is 3.57. The molecule has 0 aliphatic rings. The second kappa shape index (κ2) is 16.3. The Labute approximate surface area is 216 Å². The van der Waals surface area contributed by atoms with Crippen molar-refractivity contribution in [3.63, 3.8) is 0 Å². The van der Waals surface area contributed by atoms with E-state index in [1.807, 2.05) is 6.92 Å². The molecule has 12 heteroatoms. The van der Waals surface area contributed by atoms with Crippen LogP contribution in [-0.2, 0) is 30.4 Å². The highest BCUT2D eigenvalue weighted by molar-refractivity contribution is 5.94. The van der Waals surface area contributed by atoms with E-state index in [0.29, 0.717) is 37.8 Å². The Balaban J connectivity index is 3.10. The first-order valence-electron chi connectivity index (χ1n) is 12.3. The van der Waals surface area contributed by atoms with Crippen molar-refractivity contribution in [2.45, 2.75) is 76.5 Å². The molecule has 0 heterocycles. The van der Waals surface area contributed by atoms with Gasteiger partial charge in [-0.15, -0.1) is 0 Å². The second-order valence-corrected chi connectivity index (χ2v) is 9.01. The van der Waals surface area contributed by atoms with E-state index in [0.717, 1.165) is 0 Å². The number of rotatable bonds is 17. The minimum Gasteiger partial charge on any atom is -0.481 e. The van der Waals surface area contributed by atoms with E-state index in [2.05, 4.69) is 16.0 Å². The highest BCUT2D eigenvalue weighted by atomic mass is 16.4. The Morgan fingerprint density at radius 1 is 0.892 bits per heavy atom. The summed E-state index contributed by atoms with van der Waals surface area (Å²) in [6.45, 7) is 4.09. The van der Waals surface area contributed by atoms with Crippen LogP contribution in [0.1, 0.15) is 51.5 Å². The van der Waals surface area contributed by atoms with E-state index in [4.69, 9.17) is 16.6 Å². The van der Waals surface area contributed by atoms with E-state index >= 15 is 0 Å². The molecule has 12 nitrogen and oxygen atoms in total. The van der Waals surface area contributed by atoms with Gasteiger partial charge in [0.2, 0.25) is 17.7 Å². The average molecular weight is 522 g/mol. The van der Waals surface area contributed by atoms with Crippen LogP contribution >= 0.6 is 0 Å². The first-order valence-corrected chi connectivity index (χ1v) is 12.3. The molecule has 1 rings (SSSR count). The van der Waals surface area contributed by atoms with E-state index in [1.165, 1.54) is 0 Å². The average Bonchev–Trinajstić information content (AvgIpc) is 2.85. The number of carboxylic acids is 2. The molecule has 5 unspecified atom stereocenters. The van der Waals surface area contributed by atoms with Crippen molar-refractivity contribution >= 4 is 29.7 Å². The third-order valence-electron chi connectivity index (χ3n) is 6.01. The van der Waals surface area contributed by atoms with Crippen LogP contribution in [0.2, 0.25) is 0 Å². The summed E-state index contributed by atoms with van der Waals surface area (Å²) in [7, 11) is 0. The summed E-state index contributed by atoms with van der Waals surface area (Å²) in [6.07, 6.45) is 1.49. The molecule has 0 fully saturated rings. The second-order valence-electron chi connectivity index (χ2n) is 9.01. The van der Waals surface area contributed by atoms with Crippen molar-refractivity contribution in [3.05, 3.63) is 35.9 Å². The number of nitrogens with two attached hydrogens (primary N) is 2. The minimum absolute atomic E-state index is 0.0115. The molecule has 0 spiro atoms. The fraction of sp³-hybridized carbons (Fsp3) is 0.560. The first-order chi connectivity index (χ1) is 17.5. The number of carboxylic acid groups (broad SMARTS) is 2. The predicted octanol–water partition coefficient (Wildman–Crippen LogP) is -0.255. The summed E-state index contributed by atoms with van der Waals surface area (Å²) in [5.74, 6) is -5.24. The summed E-state index contributed by atoms with van der Waals surface area (Å²) in [5, 5.41) is 25.8. The topological polar surface area (TPSA) is 214 Å². The maximum absolute atomic E-state index is 13.3. The first kappa shape index (κ1) is 31.5. The number of hydrogen-bond donors (Lipinski definition) is 7. The van der Waals surface area contributed by atoms with Crippen molar-refractivity contribution in [1.82, 2.24) is 16.0 Å². The van der Waals surface area contributed by atoms with Crippen molar-refractivity contribution in [2.24, 2.45) is 17.4 Å². The maximum atomic E-state index is 13.3. The van der Waals surface area contributed by atoms with Gasteiger partial charge in [-0.3, -0.25) is 19.2 Å². The third-order valence-corrected chi connectivity index (χ3v) is 6.01. The molecule has 0 saturated heterocycles. The molecule has 0 aliphatic heterocycles. The number of hydrogen-bond acceptors (Lipinski definition) is 7. The van der Waals surface area contributed by atoms with Gasteiger partial charge in [0.1, 0.15) is 18.1 Å². The smallest absolute Gasteiger partial charge is 0.326 e. The maximum Gasteiger partial charge on any atom is 0.326 e. The zero-order valence-electron chi connectivity index (χ0n) is 21.3. The molecule has 9 N–H and O–H groups in total. The predicted molar refractivity (Wildman–Crippen MR) is 136 cm³/mol. The molecule has 0 aromatic heterocycles. The molecular weight excluding hydrogens is 482 g/mol. The Kier molecular flexibility index (Phi) is 13.9. The molecule has 1 aromatic rings. The lowest BCUT2D eigenvalue weighted by Crippen LogP contribution is -2.59. The molecule has 37 heavy (non-hydrogen) atoms. The van der Waals surface area contributed by atoms with Gasteiger partial charge in [-0.05, 0) is 30.9 Å². The van der Waals surface area contributed by atoms with Gasteiger partial charge >= 0.3 is 11.9 Å². The quantitative estimate of drug-likeness (QED) is 0.134. The molecule has 3 amide bonds. The molecule has 1 aromatic carbocycles. The summed E-state index contributed by atoms with van der Waals surface area (Å²) < 4.78 is 0. The van der Waals surface area contributed by atoms with Gasteiger partial charge < -0.3 is 37.6 Å². The monoisotopic (exact) mass is 521 g/mol. The van der Waals surface area contributed by atoms with Gasteiger partial charge in [0.05, 0.1) is 12.5 Å². The lowest BCUT2D eigenvalue weighted by molar-refractivity contribution is -0.147. The number of unbranched alkanes of at least 4 members (excludes halogenated alkanes) is 1. The lowest BCUT2D eigenvalue weighted by Gasteiger charge is -2.28. The van der Waals surface area contributed by atoms with Crippen LogP contribution in [0.15, 0.2) is 30.3 Å². The molecule has 0 radical (unpaired) electrons. The van der Waals surface area contributed by atoms with Crippen LogP contribution in [0.3, 0.4) is 0 Å². The highest BCUT2D eigenvalue weighted by Gasteiger charge is 2.33. The van der Waals surface area contributed by atoms with Gasteiger partial charge in [0, 0.05) is 6.42 Å². The number of amides is 3. The molecule has 0 aliphatic carbocycles. The number of carbonyl (C=O) groups is 5. The highest BCUT2D eigenvalue weighted by Crippen LogP contribution is 2.11. The van der Waals surface area contributed by atoms with Gasteiger partial charge in [-0.25, -0.2) is 4.79 Å². The number of carbonyl (C=O) groups excluding carboxylic acids is 3. The number of aliphatic carboxylic acids is 2. The zero-order valence-corrected chi connectivity index (χ0v) is 21.3. The van der Waals surface area contributed by atoms with Crippen LogP contribution in [0.4, 0.5) is 0 Å². The standard InChI is InChI=1S/C25H39N5O7/c1-3-15(2)21(30-22(33)17(27)11-7-8-12-26)24(35)28-18(13-16-9-5-4-6-10-16)23(34)29-19(25(36)37)14-20(31)32/h4-6,9-10,15,17-19,21H,3,7-8,11-14,26-27H2,1-2H3,(H,28,35)(H,29,34)(H,30,33)(H,31,32)(H,36,37). The van der Waals surface area contributed by atoms with E-state index in [9.17, 15) is 29.1 Å². The van der Waals surface area contributed by atoms with Crippen LogP contribution in [-0.4, -0.2) is 70.6 Å². The van der Waals surface area contributed by atoms with Gasteiger partial charge in [0.15, 0.2) is 0 Å². The zero-order chi connectivity index (χ0) is 28.0. The fourth-order valence-corrected chi connectivity index (χ4v) is 3.57. The number of benzene rings is 1. The molecular formula is C25H39N5O7. The minimum atomic E-state index is -1.68. The van der Waals surface area contributed by atoms with E-state index < -0.39 is 60.2 Å². The Bertz CT molecular complexity index is 912. The third kappa shape index (κ3) is 11.4. The van der Waals surface area contributed by atoms with Crippen LogP contribution < -0.4 is 27.4 Å². The summed E-state index contributed by atoms with van der Waals surface area (Å²) in [4.78, 5) is 61.5.